The number of aromatic hydroxyl groups is 1. The number of carbonyl (C=O) groups excluding carboxylic acids is 1. The van der Waals surface area contributed by atoms with E-state index in [1.54, 1.807) is 30.3 Å². The number of nitrogens with one attached hydrogen (secondary N) is 2. The molecule has 0 heterocycles. The lowest BCUT2D eigenvalue weighted by atomic mass is 10.0. The molecule has 0 saturated carbocycles. The largest absolute Gasteiger partial charge is 0.502 e. The molecule has 162 valence electrons. The second-order valence-electron chi connectivity index (χ2n) is 6.91. The van der Waals surface area contributed by atoms with E-state index in [1.807, 2.05) is 30.3 Å². The van der Waals surface area contributed by atoms with Crippen LogP contribution in [0.5, 0.6) is 5.75 Å². The average molecular weight is 449 g/mol. The Kier molecular flexibility index (Phi) is 7.25. The quantitative estimate of drug-likeness (QED) is 0.222. The van der Waals surface area contributed by atoms with Gasteiger partial charge in [-0.05, 0) is 60.1 Å². The van der Waals surface area contributed by atoms with Crippen molar-refractivity contribution < 1.29 is 14.8 Å². The lowest BCUT2D eigenvalue weighted by Crippen LogP contribution is -2.32. The highest BCUT2D eigenvalue weighted by Gasteiger charge is 2.18. The second kappa shape index (κ2) is 10.3. The third-order valence-electron chi connectivity index (χ3n) is 4.39. The minimum absolute atomic E-state index is 0.182. The van der Waals surface area contributed by atoms with Gasteiger partial charge >= 0.3 is 5.69 Å². The summed E-state index contributed by atoms with van der Waals surface area (Å²) in [6.07, 6.45) is 1.87. The maximum absolute atomic E-state index is 11.4. The molecule has 32 heavy (non-hydrogen) atoms. The molecule has 0 saturated heterocycles. The first-order chi connectivity index (χ1) is 15.3. The van der Waals surface area contributed by atoms with Gasteiger partial charge in [0.2, 0.25) is 11.7 Å². The number of nitro benzene ring substituents is 1. The number of aliphatic imine (C=N–C) groups is 1. The van der Waals surface area contributed by atoms with Crippen LogP contribution in [0.2, 0.25) is 0 Å². The van der Waals surface area contributed by atoms with E-state index in [2.05, 4.69) is 15.6 Å². The Hall–Kier alpha value is -4.11. The number of rotatable bonds is 6. The molecular weight excluding hydrogens is 428 g/mol. The van der Waals surface area contributed by atoms with Crippen molar-refractivity contribution in [2.75, 3.05) is 5.32 Å². The van der Waals surface area contributed by atoms with Crippen molar-refractivity contribution in [2.45, 2.75) is 13.3 Å². The smallest absolute Gasteiger partial charge is 0.311 e. The van der Waals surface area contributed by atoms with Crippen molar-refractivity contribution in [3.8, 4) is 5.75 Å². The van der Waals surface area contributed by atoms with Crippen molar-refractivity contribution in [3.05, 3.63) is 93.5 Å². The average Bonchev–Trinajstić information content (AvgIpc) is 2.75. The van der Waals surface area contributed by atoms with Gasteiger partial charge < -0.3 is 15.7 Å². The van der Waals surface area contributed by atoms with Crippen LogP contribution in [0.15, 0.2) is 71.7 Å². The van der Waals surface area contributed by atoms with Gasteiger partial charge in [-0.2, -0.15) is 0 Å². The number of nitro groups is 1. The third-order valence-corrected chi connectivity index (χ3v) is 4.60. The molecule has 0 spiro atoms. The highest BCUT2D eigenvalue weighted by atomic mass is 32.1. The topological polar surface area (TPSA) is 117 Å². The van der Waals surface area contributed by atoms with Crippen LogP contribution in [0.4, 0.5) is 17.1 Å². The molecule has 0 unspecified atom stereocenters. The summed E-state index contributed by atoms with van der Waals surface area (Å²) >= 11 is 5.01. The van der Waals surface area contributed by atoms with Crippen LogP contribution in [0.25, 0.3) is 0 Å². The van der Waals surface area contributed by atoms with E-state index in [-0.39, 0.29) is 22.3 Å². The van der Waals surface area contributed by atoms with Gasteiger partial charge in [-0.25, -0.2) is 0 Å². The number of phenols is 1. The van der Waals surface area contributed by atoms with Crippen LogP contribution in [0.1, 0.15) is 23.6 Å². The van der Waals surface area contributed by atoms with Crippen LogP contribution in [-0.4, -0.2) is 27.3 Å². The Labute approximate surface area is 189 Å². The molecule has 9 heteroatoms. The molecule has 0 aliphatic rings. The summed E-state index contributed by atoms with van der Waals surface area (Å²) in [6, 6.07) is 19.4. The SMILES string of the molecule is CC(=O)NC(=S)Nc1ccc(N=Cc2cc(Cc3ccccc3)cc([N+](=O)[O-])c2O)cc1. The van der Waals surface area contributed by atoms with Gasteiger partial charge in [0, 0.05) is 30.5 Å². The Morgan fingerprint density at radius 1 is 1.12 bits per heavy atom. The first-order valence-electron chi connectivity index (χ1n) is 9.58. The standard InChI is InChI=1S/C23H20N4O4S/c1-15(28)25-23(32)26-20-9-7-19(8-10-20)24-14-18-12-17(11-16-5-3-2-4-6-16)13-21(22(18)29)27(30)31/h2-10,12-14,29H,11H2,1H3,(H2,25,26,28,32). The Bertz CT molecular complexity index is 1180. The summed E-state index contributed by atoms with van der Waals surface area (Å²) < 4.78 is 0. The van der Waals surface area contributed by atoms with E-state index in [0.717, 1.165) is 5.56 Å². The molecule has 0 fully saturated rings. The summed E-state index contributed by atoms with van der Waals surface area (Å²) in [5, 5.41) is 27.3. The van der Waals surface area contributed by atoms with E-state index in [0.29, 0.717) is 23.4 Å². The number of thiocarbonyl (C=S) groups is 1. The van der Waals surface area contributed by atoms with Crippen molar-refractivity contribution in [1.82, 2.24) is 5.32 Å². The van der Waals surface area contributed by atoms with Crippen LogP contribution in [0, 0.1) is 10.1 Å². The van der Waals surface area contributed by atoms with Crippen molar-refractivity contribution in [3.63, 3.8) is 0 Å². The normalized spacial score (nSPS) is 10.7. The number of amides is 1. The first kappa shape index (κ1) is 22.6. The predicted molar refractivity (Wildman–Crippen MR) is 128 cm³/mol. The molecule has 0 radical (unpaired) electrons. The number of nitrogens with zero attached hydrogens (tertiary/aromatic N) is 2. The predicted octanol–water partition coefficient (Wildman–Crippen LogP) is 4.47. The fourth-order valence-corrected chi connectivity index (χ4v) is 3.23. The molecule has 0 aromatic heterocycles. The molecule has 0 aliphatic heterocycles. The van der Waals surface area contributed by atoms with Gasteiger partial charge in [-0.1, -0.05) is 30.3 Å². The lowest BCUT2D eigenvalue weighted by Gasteiger charge is -2.08. The third kappa shape index (κ3) is 6.19. The maximum atomic E-state index is 11.4. The van der Waals surface area contributed by atoms with Gasteiger partial charge in [-0.3, -0.25) is 19.9 Å². The minimum Gasteiger partial charge on any atom is -0.502 e. The minimum atomic E-state index is -0.612. The second-order valence-corrected chi connectivity index (χ2v) is 7.32. The van der Waals surface area contributed by atoms with E-state index in [4.69, 9.17) is 12.2 Å². The molecule has 3 N–H and O–H groups in total. The van der Waals surface area contributed by atoms with Gasteiger partial charge in [0.15, 0.2) is 5.11 Å². The number of hydrogen-bond donors (Lipinski definition) is 3. The highest BCUT2D eigenvalue weighted by molar-refractivity contribution is 7.80. The van der Waals surface area contributed by atoms with E-state index >= 15 is 0 Å². The molecule has 3 aromatic rings. The zero-order valence-corrected chi connectivity index (χ0v) is 17.9. The summed E-state index contributed by atoms with van der Waals surface area (Å²) in [4.78, 5) is 26.1. The maximum Gasteiger partial charge on any atom is 0.311 e. The summed E-state index contributed by atoms with van der Waals surface area (Å²) in [7, 11) is 0. The fourth-order valence-electron chi connectivity index (χ4n) is 2.97. The molecule has 1 amide bonds. The zero-order chi connectivity index (χ0) is 23.1. The Balaban J connectivity index is 1.81. The number of benzene rings is 3. The molecule has 3 rings (SSSR count). The molecule has 3 aromatic carbocycles. The zero-order valence-electron chi connectivity index (χ0n) is 17.1. The summed E-state index contributed by atoms with van der Waals surface area (Å²) in [5.41, 5.74) is 2.79. The van der Waals surface area contributed by atoms with Crippen LogP contribution in [0.3, 0.4) is 0 Å². The van der Waals surface area contributed by atoms with Crippen molar-refractivity contribution in [2.24, 2.45) is 4.99 Å². The fraction of sp³-hybridized carbons (Fsp3) is 0.0870. The van der Waals surface area contributed by atoms with Crippen LogP contribution in [-0.2, 0) is 11.2 Å². The number of phenolic OH excluding ortho intramolecular Hbond substituents is 1. The molecular formula is C23H20N4O4S. The first-order valence-corrected chi connectivity index (χ1v) is 9.99. The Morgan fingerprint density at radius 2 is 1.81 bits per heavy atom. The van der Waals surface area contributed by atoms with E-state index < -0.39 is 10.7 Å². The molecule has 0 atom stereocenters. The number of anilines is 1. The monoisotopic (exact) mass is 448 g/mol. The number of hydrogen-bond acceptors (Lipinski definition) is 6. The van der Waals surface area contributed by atoms with Gasteiger partial charge in [-0.15, -0.1) is 0 Å². The van der Waals surface area contributed by atoms with Gasteiger partial charge in [0.1, 0.15) is 0 Å². The highest BCUT2D eigenvalue weighted by Crippen LogP contribution is 2.31. The summed E-state index contributed by atoms with van der Waals surface area (Å²) in [6.45, 7) is 1.36. The van der Waals surface area contributed by atoms with Crippen LogP contribution >= 0.6 is 12.2 Å². The van der Waals surface area contributed by atoms with Crippen molar-refractivity contribution >= 4 is 46.5 Å². The van der Waals surface area contributed by atoms with Crippen LogP contribution < -0.4 is 10.6 Å². The molecule has 0 aliphatic carbocycles. The van der Waals surface area contributed by atoms with Crippen molar-refractivity contribution in [1.29, 1.82) is 0 Å². The molecule has 8 nitrogen and oxygen atoms in total. The molecule has 0 bridgehead atoms. The van der Waals surface area contributed by atoms with Gasteiger partial charge in [0.05, 0.1) is 10.6 Å². The van der Waals surface area contributed by atoms with E-state index in [9.17, 15) is 20.0 Å². The Morgan fingerprint density at radius 3 is 2.44 bits per heavy atom. The lowest BCUT2D eigenvalue weighted by molar-refractivity contribution is -0.385. The number of carbonyl (C=O) groups is 1. The summed E-state index contributed by atoms with van der Waals surface area (Å²) in [5.74, 6) is -0.707. The van der Waals surface area contributed by atoms with Gasteiger partial charge in [0.25, 0.3) is 0 Å². The van der Waals surface area contributed by atoms with E-state index in [1.165, 1.54) is 19.2 Å².